The first-order valence-corrected chi connectivity index (χ1v) is 9.23. The van der Waals surface area contributed by atoms with Gasteiger partial charge in [-0.3, -0.25) is 9.89 Å². The molecular formula is C22H23N3O. The van der Waals surface area contributed by atoms with E-state index >= 15 is 0 Å². The highest BCUT2D eigenvalue weighted by atomic mass is 16.2. The number of carbonyl (C=O) groups excluding carboxylic acids is 1. The summed E-state index contributed by atoms with van der Waals surface area (Å²) in [7, 11) is 0. The summed E-state index contributed by atoms with van der Waals surface area (Å²) in [6.45, 7) is 1.67. The van der Waals surface area contributed by atoms with Gasteiger partial charge in [0.05, 0.1) is 11.2 Å². The van der Waals surface area contributed by atoms with Crippen LogP contribution in [0.3, 0.4) is 0 Å². The number of fused-ring (bicyclic) bond motifs is 1. The van der Waals surface area contributed by atoms with E-state index in [0.29, 0.717) is 5.92 Å². The lowest BCUT2D eigenvalue weighted by Crippen LogP contribution is -2.37. The van der Waals surface area contributed by atoms with E-state index in [1.54, 1.807) is 6.08 Å². The number of hydrogen-bond acceptors (Lipinski definition) is 2. The van der Waals surface area contributed by atoms with Crippen LogP contribution in [0.1, 0.15) is 24.1 Å². The van der Waals surface area contributed by atoms with Crippen LogP contribution in [-0.2, 0) is 11.2 Å². The molecule has 0 aliphatic carbocycles. The molecule has 1 aliphatic rings. The van der Waals surface area contributed by atoms with Crippen molar-refractivity contribution in [3.63, 3.8) is 0 Å². The van der Waals surface area contributed by atoms with Gasteiger partial charge in [0.2, 0.25) is 5.91 Å². The van der Waals surface area contributed by atoms with Crippen molar-refractivity contribution in [2.45, 2.75) is 19.3 Å². The van der Waals surface area contributed by atoms with Gasteiger partial charge in [0, 0.05) is 24.6 Å². The zero-order valence-electron chi connectivity index (χ0n) is 14.8. The Morgan fingerprint density at radius 2 is 1.81 bits per heavy atom. The summed E-state index contributed by atoms with van der Waals surface area (Å²) in [6, 6.07) is 18.6. The second kappa shape index (κ2) is 7.56. The summed E-state index contributed by atoms with van der Waals surface area (Å²) in [5.41, 5.74) is 3.19. The van der Waals surface area contributed by atoms with Crippen molar-refractivity contribution in [2.75, 3.05) is 13.1 Å². The van der Waals surface area contributed by atoms with Crippen molar-refractivity contribution in [3.05, 3.63) is 71.9 Å². The van der Waals surface area contributed by atoms with Gasteiger partial charge < -0.3 is 4.90 Å². The zero-order valence-corrected chi connectivity index (χ0v) is 14.8. The summed E-state index contributed by atoms with van der Waals surface area (Å²) < 4.78 is 0. The first-order valence-electron chi connectivity index (χ1n) is 9.23. The van der Waals surface area contributed by atoms with Crippen LogP contribution in [0.5, 0.6) is 0 Å². The van der Waals surface area contributed by atoms with Crippen LogP contribution in [0, 0.1) is 5.92 Å². The molecule has 0 spiro atoms. The third-order valence-electron chi connectivity index (χ3n) is 5.18. The minimum absolute atomic E-state index is 0.0789. The third kappa shape index (κ3) is 3.69. The van der Waals surface area contributed by atoms with Gasteiger partial charge in [0.15, 0.2) is 0 Å². The van der Waals surface area contributed by atoms with Crippen LogP contribution in [-0.4, -0.2) is 34.1 Å². The lowest BCUT2D eigenvalue weighted by Gasteiger charge is -2.31. The van der Waals surface area contributed by atoms with Crippen LogP contribution in [0.4, 0.5) is 0 Å². The summed E-state index contributed by atoms with van der Waals surface area (Å²) in [6.07, 6.45) is 6.72. The normalized spacial score (nSPS) is 15.8. The Kier molecular flexibility index (Phi) is 4.82. The summed E-state index contributed by atoms with van der Waals surface area (Å²) in [4.78, 5) is 14.4. The fourth-order valence-corrected chi connectivity index (χ4v) is 3.67. The van der Waals surface area contributed by atoms with Crippen LogP contribution in [0.2, 0.25) is 0 Å². The quantitative estimate of drug-likeness (QED) is 0.725. The predicted molar refractivity (Wildman–Crippen MR) is 105 cm³/mol. The van der Waals surface area contributed by atoms with E-state index in [2.05, 4.69) is 40.5 Å². The van der Waals surface area contributed by atoms with E-state index in [1.807, 2.05) is 35.2 Å². The fourth-order valence-electron chi connectivity index (χ4n) is 3.67. The molecule has 132 valence electrons. The molecule has 26 heavy (non-hydrogen) atoms. The van der Waals surface area contributed by atoms with Crippen LogP contribution >= 0.6 is 0 Å². The molecule has 4 heteroatoms. The zero-order chi connectivity index (χ0) is 17.8. The first-order chi connectivity index (χ1) is 12.8. The van der Waals surface area contributed by atoms with E-state index in [-0.39, 0.29) is 5.91 Å². The number of H-pyrrole nitrogens is 1. The van der Waals surface area contributed by atoms with Gasteiger partial charge in [-0.1, -0.05) is 48.5 Å². The molecule has 1 N–H and O–H groups in total. The molecule has 0 saturated carbocycles. The molecule has 3 aromatic rings. The Morgan fingerprint density at radius 3 is 2.62 bits per heavy atom. The number of nitrogens with zero attached hydrogens (tertiary/aromatic N) is 2. The Hall–Kier alpha value is -2.88. The van der Waals surface area contributed by atoms with Gasteiger partial charge in [-0.15, -0.1) is 0 Å². The highest BCUT2D eigenvalue weighted by Gasteiger charge is 2.21. The number of benzene rings is 2. The Labute approximate surface area is 153 Å². The number of piperidine rings is 1. The van der Waals surface area contributed by atoms with Gasteiger partial charge >= 0.3 is 0 Å². The highest BCUT2D eigenvalue weighted by Crippen LogP contribution is 2.22. The fraction of sp³-hybridized carbons (Fsp3) is 0.273. The van der Waals surface area contributed by atoms with Crippen LogP contribution in [0.15, 0.2) is 60.7 Å². The van der Waals surface area contributed by atoms with Gasteiger partial charge in [0.1, 0.15) is 0 Å². The number of likely N-dealkylation sites (tertiary alicyclic amines) is 1. The average Bonchev–Trinajstić information content (AvgIpc) is 3.11. The molecular weight excluding hydrogens is 322 g/mol. The molecule has 1 aliphatic heterocycles. The van der Waals surface area contributed by atoms with Crippen LogP contribution < -0.4 is 0 Å². The molecule has 1 amide bonds. The smallest absolute Gasteiger partial charge is 0.246 e. The van der Waals surface area contributed by atoms with E-state index < -0.39 is 0 Å². The lowest BCUT2D eigenvalue weighted by atomic mass is 9.90. The van der Waals surface area contributed by atoms with Crippen molar-refractivity contribution < 1.29 is 4.79 Å². The minimum atomic E-state index is 0.0789. The number of nitrogens with one attached hydrogen (secondary N) is 1. The van der Waals surface area contributed by atoms with Crippen molar-refractivity contribution in [1.82, 2.24) is 15.1 Å². The number of hydrogen-bond donors (Lipinski definition) is 1. The Bertz CT molecular complexity index is 905. The maximum atomic E-state index is 12.5. The molecule has 1 fully saturated rings. The molecule has 4 rings (SSSR count). The number of aromatic amines is 1. The monoisotopic (exact) mass is 345 g/mol. The third-order valence-corrected chi connectivity index (χ3v) is 5.18. The molecule has 0 atom stereocenters. The molecule has 0 bridgehead atoms. The Morgan fingerprint density at radius 1 is 1.08 bits per heavy atom. The number of carbonyl (C=O) groups is 1. The summed E-state index contributed by atoms with van der Waals surface area (Å²) >= 11 is 0. The summed E-state index contributed by atoms with van der Waals surface area (Å²) in [5.74, 6) is 0.746. The molecule has 1 saturated heterocycles. The number of rotatable bonds is 4. The van der Waals surface area contributed by atoms with Gasteiger partial charge in [-0.25, -0.2) is 0 Å². The van der Waals surface area contributed by atoms with Crippen molar-refractivity contribution in [3.8, 4) is 0 Å². The standard InChI is InChI=1S/C22H23N3O/c26-22(11-10-21-19-8-4-5-9-20(19)23-24-21)25-14-12-18(13-15-25)16-17-6-2-1-3-7-17/h1-11,18H,12-16H2,(H,23,24)/b11-10+. The molecule has 0 unspecified atom stereocenters. The molecule has 0 radical (unpaired) electrons. The van der Waals surface area contributed by atoms with E-state index in [4.69, 9.17) is 0 Å². The largest absolute Gasteiger partial charge is 0.339 e. The van der Waals surface area contributed by atoms with Crippen molar-refractivity contribution in [1.29, 1.82) is 0 Å². The first kappa shape index (κ1) is 16.6. The molecule has 1 aromatic heterocycles. The maximum Gasteiger partial charge on any atom is 0.246 e. The number of para-hydroxylation sites is 1. The number of aromatic nitrogens is 2. The summed E-state index contributed by atoms with van der Waals surface area (Å²) in [5, 5.41) is 8.32. The topological polar surface area (TPSA) is 49.0 Å². The van der Waals surface area contributed by atoms with E-state index in [1.165, 1.54) is 5.56 Å². The van der Waals surface area contributed by atoms with Crippen molar-refractivity contribution >= 4 is 22.9 Å². The number of amides is 1. The SMILES string of the molecule is O=C(/C=C/c1n[nH]c2ccccc12)N1CCC(Cc2ccccc2)CC1. The van der Waals surface area contributed by atoms with Crippen LogP contribution in [0.25, 0.3) is 17.0 Å². The van der Waals surface area contributed by atoms with Gasteiger partial charge in [-0.2, -0.15) is 5.10 Å². The van der Waals surface area contributed by atoms with Gasteiger partial charge in [-0.05, 0) is 42.9 Å². The maximum absolute atomic E-state index is 12.5. The Balaban J connectivity index is 1.33. The lowest BCUT2D eigenvalue weighted by molar-refractivity contribution is -0.127. The molecule has 2 heterocycles. The molecule has 4 nitrogen and oxygen atoms in total. The van der Waals surface area contributed by atoms with E-state index in [9.17, 15) is 4.79 Å². The predicted octanol–water partition coefficient (Wildman–Crippen LogP) is 4.06. The second-order valence-electron chi connectivity index (χ2n) is 6.95. The highest BCUT2D eigenvalue weighted by molar-refractivity contribution is 5.95. The van der Waals surface area contributed by atoms with E-state index in [0.717, 1.165) is 48.9 Å². The second-order valence-corrected chi connectivity index (χ2v) is 6.95. The minimum Gasteiger partial charge on any atom is -0.339 e. The average molecular weight is 345 g/mol. The van der Waals surface area contributed by atoms with Gasteiger partial charge in [0.25, 0.3) is 0 Å². The van der Waals surface area contributed by atoms with Crippen molar-refractivity contribution in [2.24, 2.45) is 5.92 Å². The molecule has 2 aromatic carbocycles.